The van der Waals surface area contributed by atoms with Crippen LogP contribution in [0.25, 0.3) is 0 Å². The second kappa shape index (κ2) is 13.1. The number of nitrogens with one attached hydrogen (secondary N) is 1. The Morgan fingerprint density at radius 2 is 1.74 bits per heavy atom. The Balaban J connectivity index is 2.17. The van der Waals surface area contributed by atoms with Gasteiger partial charge in [0.1, 0.15) is 6.04 Å². The Kier molecular flexibility index (Phi) is 10.6. The third-order valence-electron chi connectivity index (χ3n) is 5.57. The molecule has 1 atom stereocenters. The number of carbonyl (C=O) groups is 2. The fourth-order valence-corrected chi connectivity index (χ4v) is 4.81. The molecule has 7 nitrogen and oxygen atoms in total. The largest absolute Gasteiger partial charge is 0.354 e. The standard InChI is InChI=1S/C26H37N3O4S/c1-5-17-27-26(31)24(6-2)28(20-22-13-8-7-9-14-22)25(30)16-11-18-29(34(4,32)33)23-15-10-12-21(3)19-23/h7-10,12-15,19,24H,5-6,11,16-18,20H2,1-4H3,(H,27,31). The first-order valence-electron chi connectivity index (χ1n) is 11.8. The van der Waals surface area contributed by atoms with E-state index in [1.807, 2.05) is 69.3 Å². The average molecular weight is 488 g/mol. The van der Waals surface area contributed by atoms with Crippen molar-refractivity contribution in [3.05, 3.63) is 65.7 Å². The zero-order valence-electron chi connectivity index (χ0n) is 20.7. The average Bonchev–Trinajstić information content (AvgIpc) is 2.80. The van der Waals surface area contributed by atoms with Gasteiger partial charge in [0.15, 0.2) is 0 Å². The number of hydrogen-bond donors (Lipinski definition) is 1. The Bertz CT molecular complexity index is 1040. The van der Waals surface area contributed by atoms with Crippen molar-refractivity contribution in [2.45, 2.75) is 59.0 Å². The molecule has 1 N–H and O–H groups in total. The van der Waals surface area contributed by atoms with E-state index in [2.05, 4.69) is 5.32 Å². The molecule has 34 heavy (non-hydrogen) atoms. The van der Waals surface area contributed by atoms with Gasteiger partial charge in [0, 0.05) is 26.1 Å². The SMILES string of the molecule is CCCNC(=O)C(CC)N(Cc1ccccc1)C(=O)CCCN(c1cccc(C)c1)S(C)(=O)=O. The lowest BCUT2D eigenvalue weighted by Gasteiger charge is -2.31. The van der Waals surface area contributed by atoms with E-state index in [0.29, 0.717) is 31.6 Å². The van der Waals surface area contributed by atoms with E-state index >= 15 is 0 Å². The smallest absolute Gasteiger partial charge is 0.242 e. The van der Waals surface area contributed by atoms with Crippen molar-refractivity contribution < 1.29 is 18.0 Å². The van der Waals surface area contributed by atoms with Crippen LogP contribution in [0.5, 0.6) is 0 Å². The fourth-order valence-electron chi connectivity index (χ4n) is 3.85. The van der Waals surface area contributed by atoms with Crippen LogP contribution in [0.2, 0.25) is 0 Å². The molecule has 2 aromatic rings. The van der Waals surface area contributed by atoms with Gasteiger partial charge in [-0.25, -0.2) is 8.42 Å². The molecule has 0 saturated carbocycles. The minimum absolute atomic E-state index is 0.141. The van der Waals surface area contributed by atoms with Crippen molar-refractivity contribution in [1.82, 2.24) is 10.2 Å². The van der Waals surface area contributed by atoms with Gasteiger partial charge >= 0.3 is 0 Å². The summed E-state index contributed by atoms with van der Waals surface area (Å²) in [7, 11) is -3.50. The van der Waals surface area contributed by atoms with E-state index in [1.165, 1.54) is 10.6 Å². The zero-order valence-corrected chi connectivity index (χ0v) is 21.5. The molecule has 0 aliphatic rings. The molecular formula is C26H37N3O4S. The first-order valence-corrected chi connectivity index (χ1v) is 13.7. The number of hydrogen-bond acceptors (Lipinski definition) is 4. The molecule has 0 saturated heterocycles. The molecule has 0 radical (unpaired) electrons. The van der Waals surface area contributed by atoms with Gasteiger partial charge in [0.2, 0.25) is 21.8 Å². The molecule has 2 rings (SSSR count). The summed E-state index contributed by atoms with van der Waals surface area (Å²) in [5.74, 6) is -0.328. The number of carbonyl (C=O) groups excluding carboxylic acids is 2. The van der Waals surface area contributed by atoms with Crippen LogP contribution in [0, 0.1) is 6.92 Å². The summed E-state index contributed by atoms with van der Waals surface area (Å²) in [5.41, 5.74) is 2.48. The summed E-state index contributed by atoms with van der Waals surface area (Å²) in [6.45, 7) is 6.85. The van der Waals surface area contributed by atoms with Crippen molar-refractivity contribution in [2.24, 2.45) is 0 Å². The maximum atomic E-state index is 13.3. The molecule has 0 aromatic heterocycles. The van der Waals surface area contributed by atoms with E-state index in [0.717, 1.165) is 17.5 Å². The highest BCUT2D eigenvalue weighted by Gasteiger charge is 2.28. The summed E-state index contributed by atoms with van der Waals surface area (Å²) in [5, 5.41) is 2.91. The first-order chi connectivity index (χ1) is 16.2. The molecule has 0 aliphatic carbocycles. The Hall–Kier alpha value is -2.87. The van der Waals surface area contributed by atoms with Gasteiger partial charge < -0.3 is 10.2 Å². The molecule has 8 heteroatoms. The van der Waals surface area contributed by atoms with E-state index in [4.69, 9.17) is 0 Å². The predicted octanol–water partition coefficient (Wildman–Crippen LogP) is 3.87. The van der Waals surface area contributed by atoms with Gasteiger partial charge in [0.05, 0.1) is 11.9 Å². The number of aryl methyl sites for hydroxylation is 1. The summed E-state index contributed by atoms with van der Waals surface area (Å²) in [6.07, 6.45) is 2.96. The second-order valence-electron chi connectivity index (χ2n) is 8.50. The van der Waals surface area contributed by atoms with E-state index in [1.54, 1.807) is 11.0 Å². The topological polar surface area (TPSA) is 86.8 Å². The van der Waals surface area contributed by atoms with Crippen LogP contribution in [0.1, 0.15) is 50.7 Å². The number of amides is 2. The summed E-state index contributed by atoms with van der Waals surface area (Å²) in [6, 6.07) is 16.3. The maximum Gasteiger partial charge on any atom is 0.242 e. The van der Waals surface area contributed by atoms with Gasteiger partial charge in [-0.05, 0) is 49.4 Å². The van der Waals surface area contributed by atoms with Gasteiger partial charge in [-0.3, -0.25) is 13.9 Å². The lowest BCUT2D eigenvalue weighted by molar-refractivity contribution is -0.141. The van der Waals surface area contributed by atoms with Crippen LogP contribution in [0.15, 0.2) is 54.6 Å². The number of nitrogens with zero attached hydrogens (tertiary/aromatic N) is 2. The number of rotatable bonds is 13. The van der Waals surface area contributed by atoms with Crippen LogP contribution in [0.4, 0.5) is 5.69 Å². The summed E-state index contributed by atoms with van der Waals surface area (Å²) in [4.78, 5) is 27.8. The summed E-state index contributed by atoms with van der Waals surface area (Å²) < 4.78 is 26.2. The van der Waals surface area contributed by atoms with Crippen LogP contribution >= 0.6 is 0 Å². The third kappa shape index (κ3) is 8.17. The molecule has 2 amide bonds. The molecule has 0 fully saturated rings. The van der Waals surface area contributed by atoms with Crippen molar-refractivity contribution in [2.75, 3.05) is 23.7 Å². The Morgan fingerprint density at radius 3 is 2.32 bits per heavy atom. The lowest BCUT2D eigenvalue weighted by atomic mass is 10.1. The Labute approximate surface area is 204 Å². The minimum atomic E-state index is -3.50. The third-order valence-corrected chi connectivity index (χ3v) is 6.77. The van der Waals surface area contributed by atoms with Crippen molar-refractivity contribution in [1.29, 1.82) is 0 Å². The molecule has 186 valence electrons. The second-order valence-corrected chi connectivity index (χ2v) is 10.4. The number of sulfonamides is 1. The predicted molar refractivity (Wildman–Crippen MR) is 137 cm³/mol. The van der Waals surface area contributed by atoms with E-state index in [-0.39, 0.29) is 24.8 Å². The van der Waals surface area contributed by atoms with Crippen molar-refractivity contribution in [3.63, 3.8) is 0 Å². The van der Waals surface area contributed by atoms with Gasteiger partial charge in [0.25, 0.3) is 0 Å². The Morgan fingerprint density at radius 1 is 1.03 bits per heavy atom. The van der Waals surface area contributed by atoms with Crippen molar-refractivity contribution in [3.8, 4) is 0 Å². The minimum Gasteiger partial charge on any atom is -0.354 e. The van der Waals surface area contributed by atoms with Gasteiger partial charge in [-0.15, -0.1) is 0 Å². The zero-order chi connectivity index (χ0) is 25.1. The maximum absolute atomic E-state index is 13.3. The van der Waals surface area contributed by atoms with Gasteiger partial charge in [-0.2, -0.15) is 0 Å². The van der Waals surface area contributed by atoms with Gasteiger partial charge in [-0.1, -0.05) is 56.3 Å². The molecule has 0 spiro atoms. The molecule has 0 aliphatic heterocycles. The summed E-state index contributed by atoms with van der Waals surface area (Å²) >= 11 is 0. The van der Waals surface area contributed by atoms with Crippen LogP contribution < -0.4 is 9.62 Å². The first kappa shape index (κ1) is 27.4. The fraction of sp³-hybridized carbons (Fsp3) is 0.462. The normalized spacial score (nSPS) is 12.1. The van der Waals surface area contributed by atoms with Crippen LogP contribution in [-0.4, -0.2) is 50.5 Å². The highest BCUT2D eigenvalue weighted by molar-refractivity contribution is 7.92. The van der Waals surface area contributed by atoms with Crippen LogP contribution in [-0.2, 0) is 26.2 Å². The lowest BCUT2D eigenvalue weighted by Crippen LogP contribution is -2.49. The highest BCUT2D eigenvalue weighted by atomic mass is 32.2. The molecular weight excluding hydrogens is 450 g/mol. The van der Waals surface area contributed by atoms with E-state index in [9.17, 15) is 18.0 Å². The molecule has 0 bridgehead atoms. The number of anilines is 1. The van der Waals surface area contributed by atoms with Crippen LogP contribution in [0.3, 0.4) is 0 Å². The quantitative estimate of drug-likeness (QED) is 0.465. The number of benzene rings is 2. The highest BCUT2D eigenvalue weighted by Crippen LogP contribution is 2.20. The van der Waals surface area contributed by atoms with Crippen molar-refractivity contribution >= 4 is 27.5 Å². The monoisotopic (exact) mass is 487 g/mol. The molecule has 0 heterocycles. The van der Waals surface area contributed by atoms with E-state index < -0.39 is 16.1 Å². The molecule has 1 unspecified atom stereocenters. The molecule has 2 aromatic carbocycles.